The van der Waals surface area contributed by atoms with Crippen LogP contribution in [0.4, 0.5) is 5.95 Å². The van der Waals surface area contributed by atoms with E-state index in [1.807, 2.05) is 35.2 Å². The molecule has 2 heterocycles. The highest BCUT2D eigenvalue weighted by Gasteiger charge is 2.24. The molecule has 3 N–H and O–H groups in total. The number of hydrogen-bond donors (Lipinski definition) is 3. The number of benzene rings is 2. The van der Waals surface area contributed by atoms with Crippen LogP contribution in [0.3, 0.4) is 0 Å². The van der Waals surface area contributed by atoms with Crippen molar-refractivity contribution >= 4 is 32.7 Å². The first-order chi connectivity index (χ1) is 15.0. The Morgan fingerprint density at radius 3 is 2.61 bits per heavy atom. The Morgan fingerprint density at radius 2 is 1.87 bits per heavy atom. The Labute approximate surface area is 180 Å². The second-order valence-corrected chi connectivity index (χ2v) is 9.29. The molecule has 0 bridgehead atoms. The molecule has 1 fully saturated rings. The van der Waals surface area contributed by atoms with E-state index in [9.17, 15) is 13.2 Å². The molecule has 9 nitrogen and oxygen atoms in total. The van der Waals surface area contributed by atoms with Crippen molar-refractivity contribution in [2.45, 2.75) is 17.7 Å². The van der Waals surface area contributed by atoms with Crippen LogP contribution in [-0.2, 0) is 10.0 Å². The fourth-order valence-corrected chi connectivity index (χ4v) is 4.88. The lowest BCUT2D eigenvalue weighted by Gasteiger charge is -2.32. The minimum absolute atomic E-state index is 0.105. The van der Waals surface area contributed by atoms with E-state index < -0.39 is 15.9 Å². The summed E-state index contributed by atoms with van der Waals surface area (Å²) in [5, 5.41) is 10.6. The average molecular weight is 442 g/mol. The lowest BCUT2D eigenvalue weighted by Crippen LogP contribution is -2.41. The van der Waals surface area contributed by atoms with Gasteiger partial charge in [-0.25, -0.2) is 28.6 Å². The van der Waals surface area contributed by atoms with Crippen LogP contribution in [0.1, 0.15) is 23.2 Å². The van der Waals surface area contributed by atoms with Crippen molar-refractivity contribution in [1.82, 2.24) is 20.2 Å². The van der Waals surface area contributed by atoms with Gasteiger partial charge >= 0.3 is 0 Å². The third-order valence-corrected chi connectivity index (χ3v) is 6.82. The summed E-state index contributed by atoms with van der Waals surface area (Å²) in [6.45, 7) is 1.67. The van der Waals surface area contributed by atoms with Crippen molar-refractivity contribution in [3.63, 3.8) is 0 Å². The molecule has 1 unspecified atom stereocenters. The van der Waals surface area contributed by atoms with Gasteiger partial charge in [0.15, 0.2) is 0 Å². The third-order valence-electron chi connectivity index (χ3n) is 5.40. The Morgan fingerprint density at radius 1 is 1.13 bits per heavy atom. The second kappa shape index (κ2) is 8.96. The van der Waals surface area contributed by atoms with Crippen LogP contribution in [-0.4, -0.2) is 49.1 Å². The smallest absolute Gasteiger partial charge is 0.277 e. The first-order valence-electron chi connectivity index (χ1n) is 9.96. The zero-order chi connectivity index (χ0) is 21.8. The van der Waals surface area contributed by atoms with Gasteiger partial charge in [0.05, 0.1) is 10.5 Å². The molecule has 0 radical (unpaired) electrons. The number of carbonyl (C=O) groups excluding carboxylic acids is 1. The predicted molar refractivity (Wildman–Crippen MR) is 115 cm³/mol. The van der Waals surface area contributed by atoms with Crippen molar-refractivity contribution in [2.24, 2.45) is 5.92 Å². The van der Waals surface area contributed by atoms with Crippen molar-refractivity contribution in [1.29, 1.82) is 0 Å². The second-order valence-electron chi connectivity index (χ2n) is 7.53. The van der Waals surface area contributed by atoms with Gasteiger partial charge in [-0.3, -0.25) is 10.0 Å². The van der Waals surface area contributed by atoms with Gasteiger partial charge < -0.3 is 4.90 Å². The minimum Gasteiger partial charge on any atom is -0.341 e. The Hall–Kier alpha value is -3.08. The lowest BCUT2D eigenvalue weighted by molar-refractivity contribution is 0.0705. The summed E-state index contributed by atoms with van der Waals surface area (Å²) in [6, 6.07) is 12.8. The molecule has 1 atom stereocenters. The van der Waals surface area contributed by atoms with E-state index >= 15 is 0 Å². The summed E-state index contributed by atoms with van der Waals surface area (Å²) >= 11 is 0. The van der Waals surface area contributed by atoms with E-state index in [0.29, 0.717) is 19.0 Å². The number of rotatable bonds is 6. The molecule has 0 saturated carbocycles. The average Bonchev–Trinajstić information content (AvgIpc) is 2.82. The highest BCUT2D eigenvalue weighted by Crippen LogP contribution is 2.22. The van der Waals surface area contributed by atoms with Crippen LogP contribution in [0.5, 0.6) is 0 Å². The van der Waals surface area contributed by atoms with Crippen LogP contribution in [0, 0.1) is 5.92 Å². The van der Waals surface area contributed by atoms with Crippen molar-refractivity contribution < 1.29 is 18.4 Å². The monoisotopic (exact) mass is 441 g/mol. The molecular weight excluding hydrogens is 418 g/mol. The number of hydrogen-bond acceptors (Lipinski definition) is 7. The maximum absolute atomic E-state index is 12.8. The minimum atomic E-state index is -3.62. The topological polar surface area (TPSA) is 125 Å². The summed E-state index contributed by atoms with van der Waals surface area (Å²) in [7, 11) is -3.62. The normalized spacial score (nSPS) is 16.9. The van der Waals surface area contributed by atoms with E-state index in [1.54, 1.807) is 17.6 Å². The zero-order valence-corrected chi connectivity index (χ0v) is 17.5. The summed E-state index contributed by atoms with van der Waals surface area (Å²) in [5.74, 6) is -0.101. The highest BCUT2D eigenvalue weighted by molar-refractivity contribution is 7.89. The summed E-state index contributed by atoms with van der Waals surface area (Å²) < 4.78 is 28.3. The molecule has 1 amide bonds. The molecular formula is C21H23N5O4S. The number of carbonyl (C=O) groups is 1. The highest BCUT2D eigenvalue weighted by atomic mass is 32.2. The molecule has 10 heteroatoms. The third kappa shape index (κ3) is 4.82. The number of nitrogens with one attached hydrogen (secondary N) is 2. The van der Waals surface area contributed by atoms with Gasteiger partial charge in [-0.15, -0.1) is 0 Å². The van der Waals surface area contributed by atoms with Crippen LogP contribution in [0.2, 0.25) is 0 Å². The van der Waals surface area contributed by atoms with Crippen LogP contribution in [0.25, 0.3) is 10.8 Å². The maximum Gasteiger partial charge on any atom is 0.277 e. The standard InChI is InChI=1S/C21H23N5O4S/c27-20(25-28)18-12-22-21(23-13-18)26-9-3-4-15(14-26)11-24-31(29,30)19-8-7-16-5-1-2-6-17(16)10-19/h1-2,5-8,10,12-13,15,24,28H,3-4,9,11,14H2,(H,25,27). The van der Waals surface area contributed by atoms with Crippen molar-refractivity contribution in [2.75, 3.05) is 24.5 Å². The number of amides is 1. The Balaban J connectivity index is 1.40. The molecule has 162 valence electrons. The summed E-state index contributed by atoms with van der Waals surface area (Å²) in [4.78, 5) is 22.0. The maximum atomic E-state index is 12.8. The molecule has 1 saturated heterocycles. The van der Waals surface area contributed by atoms with Gasteiger partial charge in [-0.05, 0) is 41.7 Å². The molecule has 31 heavy (non-hydrogen) atoms. The molecule has 1 aliphatic heterocycles. The predicted octanol–water partition coefficient (Wildman–Crippen LogP) is 1.94. The first-order valence-corrected chi connectivity index (χ1v) is 11.4. The van der Waals surface area contributed by atoms with Crippen LogP contribution in [0.15, 0.2) is 59.8 Å². The van der Waals surface area contributed by atoms with E-state index in [4.69, 9.17) is 5.21 Å². The molecule has 0 spiro atoms. The van der Waals surface area contributed by atoms with Crippen molar-refractivity contribution in [3.05, 3.63) is 60.4 Å². The number of aromatic nitrogens is 2. The molecule has 4 rings (SSSR count). The SMILES string of the molecule is O=C(NO)c1cnc(N2CCCC(CNS(=O)(=O)c3ccc4ccccc4c3)C2)nc1. The van der Waals surface area contributed by atoms with Gasteiger partial charge in [0, 0.05) is 32.0 Å². The number of hydroxylamine groups is 1. The van der Waals surface area contributed by atoms with Crippen LogP contribution < -0.4 is 15.1 Å². The Kier molecular flexibility index (Phi) is 6.12. The first kappa shape index (κ1) is 21.2. The summed E-state index contributed by atoms with van der Waals surface area (Å²) in [5.41, 5.74) is 1.70. The van der Waals surface area contributed by atoms with Gasteiger partial charge in [0.2, 0.25) is 16.0 Å². The van der Waals surface area contributed by atoms with Gasteiger partial charge in [-0.2, -0.15) is 0 Å². The largest absolute Gasteiger partial charge is 0.341 e. The molecule has 1 aromatic heterocycles. The molecule has 3 aromatic rings. The van der Waals surface area contributed by atoms with Crippen molar-refractivity contribution in [3.8, 4) is 0 Å². The molecule has 0 aliphatic carbocycles. The van der Waals surface area contributed by atoms with Gasteiger partial charge in [0.25, 0.3) is 5.91 Å². The van der Waals surface area contributed by atoms with E-state index in [0.717, 1.165) is 30.2 Å². The van der Waals surface area contributed by atoms with Gasteiger partial charge in [0.1, 0.15) is 0 Å². The quantitative estimate of drug-likeness (QED) is 0.394. The number of anilines is 1. The van der Waals surface area contributed by atoms with E-state index in [1.165, 1.54) is 12.4 Å². The van der Waals surface area contributed by atoms with E-state index in [-0.39, 0.29) is 16.4 Å². The number of piperidine rings is 1. The molecule has 1 aliphatic rings. The zero-order valence-electron chi connectivity index (χ0n) is 16.7. The molecule has 2 aromatic carbocycles. The van der Waals surface area contributed by atoms with E-state index in [2.05, 4.69) is 14.7 Å². The van der Waals surface area contributed by atoms with Gasteiger partial charge in [-0.1, -0.05) is 30.3 Å². The summed E-state index contributed by atoms with van der Waals surface area (Å²) in [6.07, 6.45) is 4.46. The fourth-order valence-electron chi connectivity index (χ4n) is 3.73. The number of fused-ring (bicyclic) bond motifs is 1. The Bertz CT molecular complexity index is 1180. The number of nitrogens with zero attached hydrogens (tertiary/aromatic N) is 3. The van der Waals surface area contributed by atoms with Crippen LogP contribution >= 0.6 is 0 Å². The number of sulfonamides is 1. The lowest BCUT2D eigenvalue weighted by atomic mass is 9.99. The fraction of sp³-hybridized carbons (Fsp3) is 0.286.